The summed E-state index contributed by atoms with van der Waals surface area (Å²) in [4.78, 5) is 14.6. The molecule has 0 aliphatic carbocycles. The Bertz CT molecular complexity index is 422. The lowest BCUT2D eigenvalue weighted by Gasteiger charge is -1.89. The van der Waals surface area contributed by atoms with E-state index in [-0.39, 0.29) is 11.4 Å². The first-order valence-corrected chi connectivity index (χ1v) is 4.26. The average molecular weight is 196 g/mol. The number of H-pyrrole nitrogens is 1. The number of carbonyl (C=O) groups is 1. The van der Waals surface area contributed by atoms with Crippen LogP contribution in [0.4, 0.5) is 0 Å². The van der Waals surface area contributed by atoms with Crippen molar-refractivity contribution in [3.63, 3.8) is 0 Å². The lowest BCUT2D eigenvalue weighted by Crippen LogP contribution is -1.99. The molecule has 2 aromatic heterocycles. The zero-order valence-corrected chi connectivity index (χ0v) is 7.08. The topological polar surface area (TPSA) is 91.8 Å². The van der Waals surface area contributed by atoms with Crippen LogP contribution in [0.1, 0.15) is 10.5 Å². The fraction of sp³-hybridized carbons (Fsp3) is 0. The van der Waals surface area contributed by atoms with Crippen LogP contribution in [-0.2, 0) is 0 Å². The molecule has 0 unspecified atom stereocenters. The van der Waals surface area contributed by atoms with Crippen LogP contribution in [-0.4, -0.2) is 31.5 Å². The van der Waals surface area contributed by atoms with E-state index in [1.807, 2.05) is 0 Å². The molecule has 66 valence electrons. The number of hydrogen-bond donors (Lipinski definition) is 2. The molecule has 0 aromatic carbocycles. The molecule has 0 aliphatic rings. The number of carboxylic acid groups (broad SMARTS) is 1. The molecular formula is C6H4N4O2S. The van der Waals surface area contributed by atoms with Crippen LogP contribution in [0.3, 0.4) is 0 Å². The molecule has 0 fully saturated rings. The van der Waals surface area contributed by atoms with Crippen molar-refractivity contribution in [3.05, 3.63) is 16.6 Å². The fourth-order valence-corrected chi connectivity index (χ4v) is 1.42. The van der Waals surface area contributed by atoms with Crippen LogP contribution in [0.5, 0.6) is 0 Å². The highest BCUT2D eigenvalue weighted by Gasteiger charge is 2.16. The minimum atomic E-state index is -1.09. The summed E-state index contributed by atoms with van der Waals surface area (Å²) in [5, 5.41) is 19.8. The maximum Gasteiger partial charge on any atom is 0.356 e. The molecule has 0 bridgehead atoms. The molecule has 0 saturated heterocycles. The van der Waals surface area contributed by atoms with Crippen molar-refractivity contribution in [2.24, 2.45) is 0 Å². The quantitative estimate of drug-likeness (QED) is 0.734. The molecule has 2 rings (SSSR count). The van der Waals surface area contributed by atoms with E-state index in [0.717, 1.165) is 0 Å². The van der Waals surface area contributed by atoms with Crippen LogP contribution in [0.25, 0.3) is 11.4 Å². The second-order valence-electron chi connectivity index (χ2n) is 2.21. The number of rotatable bonds is 2. The van der Waals surface area contributed by atoms with E-state index >= 15 is 0 Å². The highest BCUT2D eigenvalue weighted by Crippen LogP contribution is 2.18. The third-order valence-corrected chi connectivity index (χ3v) is 2.02. The molecule has 7 heteroatoms. The molecule has 2 aromatic rings. The highest BCUT2D eigenvalue weighted by atomic mass is 32.1. The summed E-state index contributed by atoms with van der Waals surface area (Å²) < 4.78 is 0. The molecule has 2 N–H and O–H groups in total. The third-order valence-electron chi connectivity index (χ3n) is 1.44. The zero-order valence-electron chi connectivity index (χ0n) is 6.26. The molecule has 0 radical (unpaired) electrons. The van der Waals surface area contributed by atoms with Crippen LogP contribution in [0, 0.1) is 0 Å². The number of aromatic nitrogens is 4. The highest BCUT2D eigenvalue weighted by molar-refractivity contribution is 7.07. The van der Waals surface area contributed by atoms with Gasteiger partial charge in [-0.15, -0.1) is 16.4 Å². The van der Waals surface area contributed by atoms with E-state index in [2.05, 4.69) is 20.4 Å². The molecular weight excluding hydrogens is 192 g/mol. The van der Waals surface area contributed by atoms with Crippen molar-refractivity contribution in [3.8, 4) is 11.4 Å². The summed E-state index contributed by atoms with van der Waals surface area (Å²) >= 11 is 1.37. The van der Waals surface area contributed by atoms with Gasteiger partial charge in [-0.3, -0.25) is 5.10 Å². The Morgan fingerprint density at radius 3 is 3.08 bits per heavy atom. The van der Waals surface area contributed by atoms with Crippen molar-refractivity contribution < 1.29 is 9.90 Å². The first-order chi connectivity index (χ1) is 6.29. The molecule has 2 heterocycles. The number of aromatic amines is 1. The Morgan fingerprint density at radius 1 is 1.62 bits per heavy atom. The SMILES string of the molecule is O=C(O)c1[nH]nnc1-c1cscn1. The van der Waals surface area contributed by atoms with Gasteiger partial charge in [-0.2, -0.15) is 0 Å². The van der Waals surface area contributed by atoms with Gasteiger partial charge in [-0.25, -0.2) is 9.78 Å². The Hall–Kier alpha value is -1.76. The lowest BCUT2D eigenvalue weighted by molar-refractivity contribution is 0.0691. The van der Waals surface area contributed by atoms with Gasteiger partial charge in [0, 0.05) is 5.38 Å². The lowest BCUT2D eigenvalue weighted by atomic mass is 10.3. The second kappa shape index (κ2) is 2.94. The summed E-state index contributed by atoms with van der Waals surface area (Å²) in [6, 6.07) is 0. The van der Waals surface area contributed by atoms with Gasteiger partial charge in [0.1, 0.15) is 11.4 Å². The van der Waals surface area contributed by atoms with Crippen LogP contribution in [0.2, 0.25) is 0 Å². The Kier molecular flexibility index (Phi) is 1.78. The summed E-state index contributed by atoms with van der Waals surface area (Å²) in [6.07, 6.45) is 0. The van der Waals surface area contributed by atoms with Crippen molar-refractivity contribution in [1.29, 1.82) is 0 Å². The number of aromatic carboxylic acids is 1. The van der Waals surface area contributed by atoms with Gasteiger partial charge < -0.3 is 5.11 Å². The van der Waals surface area contributed by atoms with E-state index in [1.165, 1.54) is 11.3 Å². The predicted octanol–water partition coefficient (Wildman–Crippen LogP) is 0.626. The van der Waals surface area contributed by atoms with Crippen molar-refractivity contribution >= 4 is 17.3 Å². The fourth-order valence-electron chi connectivity index (χ4n) is 0.886. The summed E-state index contributed by atoms with van der Waals surface area (Å²) in [7, 11) is 0. The molecule has 0 atom stereocenters. The minimum absolute atomic E-state index is 0.0362. The normalized spacial score (nSPS) is 10.2. The molecule has 0 amide bonds. The van der Waals surface area contributed by atoms with Crippen LogP contribution < -0.4 is 0 Å². The van der Waals surface area contributed by atoms with Gasteiger partial charge in [-0.05, 0) is 0 Å². The van der Waals surface area contributed by atoms with Gasteiger partial charge in [0.25, 0.3) is 0 Å². The van der Waals surface area contributed by atoms with Crippen molar-refractivity contribution in [2.75, 3.05) is 0 Å². The van der Waals surface area contributed by atoms with E-state index in [9.17, 15) is 4.79 Å². The molecule has 0 spiro atoms. The van der Waals surface area contributed by atoms with Gasteiger partial charge in [0.05, 0.1) is 5.51 Å². The molecule has 0 saturated carbocycles. The number of nitrogens with zero attached hydrogens (tertiary/aromatic N) is 3. The minimum Gasteiger partial charge on any atom is -0.476 e. The molecule has 6 nitrogen and oxygen atoms in total. The standard InChI is InChI=1S/C6H4N4O2S/c11-6(12)5-4(8-10-9-5)3-1-13-2-7-3/h1-2H,(H,11,12)(H,8,9,10). The van der Waals surface area contributed by atoms with Gasteiger partial charge >= 0.3 is 5.97 Å². The molecule has 13 heavy (non-hydrogen) atoms. The van der Waals surface area contributed by atoms with E-state index in [0.29, 0.717) is 5.69 Å². The molecule has 0 aliphatic heterocycles. The van der Waals surface area contributed by atoms with Crippen molar-refractivity contribution in [1.82, 2.24) is 20.4 Å². The Labute approximate surface area is 76.3 Å². The predicted molar refractivity (Wildman–Crippen MR) is 44.5 cm³/mol. The number of thiazole rings is 1. The van der Waals surface area contributed by atoms with Crippen LogP contribution in [0.15, 0.2) is 10.9 Å². The summed E-state index contributed by atoms with van der Waals surface area (Å²) in [5.74, 6) is -1.09. The second-order valence-corrected chi connectivity index (χ2v) is 2.93. The maximum atomic E-state index is 10.6. The Balaban J connectivity index is 2.52. The number of nitrogens with one attached hydrogen (secondary N) is 1. The Morgan fingerprint density at radius 2 is 2.46 bits per heavy atom. The van der Waals surface area contributed by atoms with Crippen LogP contribution >= 0.6 is 11.3 Å². The summed E-state index contributed by atoms with van der Waals surface area (Å²) in [6.45, 7) is 0. The van der Waals surface area contributed by atoms with E-state index < -0.39 is 5.97 Å². The van der Waals surface area contributed by atoms with E-state index in [1.54, 1.807) is 10.9 Å². The third kappa shape index (κ3) is 1.29. The van der Waals surface area contributed by atoms with E-state index in [4.69, 9.17) is 5.11 Å². The van der Waals surface area contributed by atoms with Gasteiger partial charge in [0.2, 0.25) is 0 Å². The number of hydrogen-bond acceptors (Lipinski definition) is 5. The maximum absolute atomic E-state index is 10.6. The zero-order chi connectivity index (χ0) is 9.26. The monoisotopic (exact) mass is 196 g/mol. The number of carboxylic acids is 1. The first-order valence-electron chi connectivity index (χ1n) is 3.32. The first kappa shape index (κ1) is 7.87. The van der Waals surface area contributed by atoms with Gasteiger partial charge in [0.15, 0.2) is 5.69 Å². The smallest absolute Gasteiger partial charge is 0.356 e. The van der Waals surface area contributed by atoms with Crippen molar-refractivity contribution in [2.45, 2.75) is 0 Å². The largest absolute Gasteiger partial charge is 0.476 e. The summed E-state index contributed by atoms with van der Waals surface area (Å²) in [5.41, 5.74) is 2.37. The average Bonchev–Trinajstić information content (AvgIpc) is 2.74. The van der Waals surface area contributed by atoms with Gasteiger partial charge in [-0.1, -0.05) is 5.21 Å².